The van der Waals surface area contributed by atoms with Crippen molar-refractivity contribution in [3.05, 3.63) is 131 Å². The van der Waals surface area contributed by atoms with Crippen LogP contribution >= 0.6 is 11.8 Å². The van der Waals surface area contributed by atoms with E-state index in [1.807, 2.05) is 41.4 Å². The molecule has 0 N–H and O–H groups in total. The van der Waals surface area contributed by atoms with E-state index in [2.05, 4.69) is 83.5 Å². The van der Waals surface area contributed by atoms with Gasteiger partial charge in [-0.3, -0.25) is 9.69 Å². The fraction of sp³-hybridized carbons (Fsp3) is 0.303. The highest BCUT2D eigenvalue weighted by atomic mass is 32.2. The number of allylic oxidation sites excluding steroid dienone is 2. The predicted octanol–water partition coefficient (Wildman–Crippen LogP) is 5.84. The van der Waals surface area contributed by atoms with E-state index in [0.29, 0.717) is 6.42 Å². The third-order valence-corrected chi connectivity index (χ3v) is 8.04. The lowest BCUT2D eigenvalue weighted by Crippen LogP contribution is -2.50. The Labute approximate surface area is 243 Å². The molecular weight excluding hydrogens is 514 g/mol. The van der Waals surface area contributed by atoms with Crippen LogP contribution in [0.4, 0.5) is 0 Å². The van der Waals surface area contributed by atoms with Crippen LogP contribution in [-0.2, 0) is 23.5 Å². The summed E-state index contributed by atoms with van der Waals surface area (Å²) in [6.45, 7) is 17.0. The molecule has 1 aromatic heterocycles. The molecule has 0 bridgehead atoms. The van der Waals surface area contributed by atoms with Gasteiger partial charge in [0.25, 0.3) is 0 Å². The summed E-state index contributed by atoms with van der Waals surface area (Å²) in [5.74, 6) is 0.891. The van der Waals surface area contributed by atoms with Gasteiger partial charge >= 0.3 is 0 Å². The lowest BCUT2D eigenvalue weighted by atomic mass is 10.0. The first-order valence-electron chi connectivity index (χ1n) is 13.7. The van der Waals surface area contributed by atoms with Crippen molar-refractivity contribution in [3.63, 3.8) is 0 Å². The van der Waals surface area contributed by atoms with Crippen LogP contribution in [0, 0.1) is 6.92 Å². The minimum atomic E-state index is 0.108. The van der Waals surface area contributed by atoms with Crippen LogP contribution in [-0.4, -0.2) is 63.3 Å². The van der Waals surface area contributed by atoms with Gasteiger partial charge in [-0.25, -0.2) is 9.97 Å². The molecule has 1 fully saturated rings. The largest absolute Gasteiger partial charge is 0.339 e. The maximum atomic E-state index is 13.5. The highest BCUT2D eigenvalue weighted by molar-refractivity contribution is 8.02. The van der Waals surface area contributed by atoms with Gasteiger partial charge in [0.1, 0.15) is 12.9 Å². The van der Waals surface area contributed by atoms with Crippen molar-refractivity contribution in [2.75, 3.05) is 32.7 Å². The number of hydrogen-bond donors (Lipinski definition) is 0. The summed E-state index contributed by atoms with van der Waals surface area (Å²) in [4.78, 5) is 28.2. The zero-order valence-corrected chi connectivity index (χ0v) is 24.4. The third-order valence-electron chi connectivity index (χ3n) is 6.99. The summed E-state index contributed by atoms with van der Waals surface area (Å²) >= 11 is 1.65. The number of aryl methyl sites for hydroxylation is 1. The van der Waals surface area contributed by atoms with E-state index in [4.69, 9.17) is 0 Å². The van der Waals surface area contributed by atoms with Crippen molar-refractivity contribution in [3.8, 4) is 0 Å². The van der Waals surface area contributed by atoms with Crippen LogP contribution in [0.3, 0.4) is 0 Å². The van der Waals surface area contributed by atoms with Crippen molar-refractivity contribution in [1.82, 2.24) is 24.7 Å². The Kier molecular flexibility index (Phi) is 10.7. The first kappa shape index (κ1) is 29.3. The fourth-order valence-corrected chi connectivity index (χ4v) is 5.33. The standard InChI is InChI=1S/C33H39N5OS/c1-26(2)32(18-31-19-34-25-35-20-31)22-38(28(4)40-24-30-12-10-27(3)11-13-30)23-33(39)37-16-14-36(15-17-37)21-29-8-6-5-7-9-29/h5-13,19-20,22,25H,1,4,14-18,21,23-24H2,2-3H3/b32-22-. The molecule has 0 radical (unpaired) electrons. The molecule has 1 aliphatic heterocycles. The van der Waals surface area contributed by atoms with Crippen molar-refractivity contribution in [1.29, 1.82) is 0 Å². The van der Waals surface area contributed by atoms with Gasteiger partial charge < -0.3 is 9.80 Å². The molecule has 0 spiro atoms. The monoisotopic (exact) mass is 553 g/mol. The summed E-state index contributed by atoms with van der Waals surface area (Å²) in [6.07, 6.45) is 7.82. The number of carbonyl (C=O) groups excluding carboxylic acids is 1. The number of nitrogens with zero attached hydrogens (tertiary/aromatic N) is 5. The Hall–Kier alpha value is -3.68. The van der Waals surface area contributed by atoms with Gasteiger partial charge in [-0.1, -0.05) is 78.9 Å². The Balaban J connectivity index is 1.44. The van der Waals surface area contributed by atoms with Gasteiger partial charge in [0.05, 0.1) is 5.03 Å². The fourth-order valence-electron chi connectivity index (χ4n) is 4.52. The van der Waals surface area contributed by atoms with Crippen molar-refractivity contribution in [2.24, 2.45) is 0 Å². The number of thioether (sulfide) groups is 1. The zero-order valence-electron chi connectivity index (χ0n) is 23.6. The molecular formula is C33H39N5OS. The topological polar surface area (TPSA) is 52.6 Å². The van der Waals surface area contributed by atoms with E-state index < -0.39 is 0 Å². The molecule has 2 aromatic carbocycles. The number of benzene rings is 2. The summed E-state index contributed by atoms with van der Waals surface area (Å²) in [6, 6.07) is 19.0. The van der Waals surface area contributed by atoms with Gasteiger partial charge in [0.2, 0.25) is 5.91 Å². The molecule has 0 aliphatic carbocycles. The van der Waals surface area contributed by atoms with E-state index >= 15 is 0 Å². The average Bonchev–Trinajstić information content (AvgIpc) is 2.97. The second-order valence-corrected chi connectivity index (χ2v) is 11.3. The number of amides is 1. The van der Waals surface area contributed by atoms with E-state index in [1.54, 1.807) is 11.8 Å². The molecule has 1 amide bonds. The van der Waals surface area contributed by atoms with Crippen LogP contribution < -0.4 is 0 Å². The summed E-state index contributed by atoms with van der Waals surface area (Å²) in [5, 5.41) is 0.833. The number of piperazine rings is 1. The molecule has 0 unspecified atom stereocenters. The lowest BCUT2D eigenvalue weighted by Gasteiger charge is -2.36. The lowest BCUT2D eigenvalue weighted by molar-refractivity contribution is -0.133. The maximum Gasteiger partial charge on any atom is 0.242 e. The Bertz CT molecular complexity index is 1300. The van der Waals surface area contributed by atoms with E-state index in [-0.39, 0.29) is 12.5 Å². The van der Waals surface area contributed by atoms with Crippen LogP contribution in [0.2, 0.25) is 0 Å². The summed E-state index contributed by atoms with van der Waals surface area (Å²) in [7, 11) is 0. The number of rotatable bonds is 12. The molecule has 0 saturated carbocycles. The van der Waals surface area contributed by atoms with Crippen LogP contribution in [0.1, 0.15) is 29.2 Å². The Morgan fingerprint density at radius 2 is 1.62 bits per heavy atom. The van der Waals surface area contributed by atoms with Gasteiger partial charge in [-0.05, 0) is 36.1 Å². The zero-order chi connectivity index (χ0) is 28.3. The summed E-state index contributed by atoms with van der Waals surface area (Å²) < 4.78 is 0. The number of carbonyl (C=O) groups is 1. The van der Waals surface area contributed by atoms with Crippen LogP contribution in [0.25, 0.3) is 0 Å². The molecule has 3 aromatic rings. The van der Waals surface area contributed by atoms with Crippen molar-refractivity contribution < 1.29 is 4.79 Å². The molecule has 4 rings (SSSR count). The van der Waals surface area contributed by atoms with Crippen molar-refractivity contribution >= 4 is 17.7 Å². The van der Waals surface area contributed by atoms with Gasteiger partial charge in [0, 0.05) is 63.5 Å². The molecule has 208 valence electrons. The molecule has 0 atom stereocenters. The van der Waals surface area contributed by atoms with Gasteiger partial charge in [-0.2, -0.15) is 0 Å². The van der Waals surface area contributed by atoms with E-state index in [0.717, 1.165) is 60.2 Å². The summed E-state index contributed by atoms with van der Waals surface area (Å²) in [5.41, 5.74) is 6.72. The normalized spacial score (nSPS) is 14.2. The maximum absolute atomic E-state index is 13.5. The molecule has 1 saturated heterocycles. The third kappa shape index (κ3) is 8.93. The highest BCUT2D eigenvalue weighted by Gasteiger charge is 2.23. The quantitative estimate of drug-likeness (QED) is 0.263. The Morgan fingerprint density at radius 3 is 2.27 bits per heavy atom. The van der Waals surface area contributed by atoms with E-state index in [1.165, 1.54) is 23.0 Å². The van der Waals surface area contributed by atoms with E-state index in [9.17, 15) is 4.79 Å². The second kappa shape index (κ2) is 14.6. The second-order valence-electron chi connectivity index (χ2n) is 10.3. The predicted molar refractivity (Wildman–Crippen MR) is 165 cm³/mol. The molecule has 2 heterocycles. The highest BCUT2D eigenvalue weighted by Crippen LogP contribution is 2.26. The Morgan fingerprint density at radius 1 is 0.950 bits per heavy atom. The first-order valence-corrected chi connectivity index (χ1v) is 14.6. The molecule has 1 aliphatic rings. The van der Waals surface area contributed by atoms with Crippen LogP contribution in [0.5, 0.6) is 0 Å². The number of aromatic nitrogens is 2. The average molecular weight is 554 g/mol. The number of hydrogen-bond acceptors (Lipinski definition) is 6. The molecule has 7 heteroatoms. The first-order chi connectivity index (χ1) is 19.4. The minimum absolute atomic E-state index is 0.108. The molecule has 6 nitrogen and oxygen atoms in total. The smallest absolute Gasteiger partial charge is 0.242 e. The van der Waals surface area contributed by atoms with Gasteiger partial charge in [-0.15, -0.1) is 11.8 Å². The minimum Gasteiger partial charge on any atom is -0.339 e. The van der Waals surface area contributed by atoms with Crippen LogP contribution in [0.15, 0.2) is 109 Å². The van der Waals surface area contributed by atoms with Gasteiger partial charge in [0.15, 0.2) is 0 Å². The van der Waals surface area contributed by atoms with Crippen molar-refractivity contribution in [2.45, 2.75) is 32.6 Å². The SMILES string of the molecule is C=C(C)/C(=C\N(CC(=O)N1CCN(Cc2ccccc2)CC1)C(=C)SCc1ccc(C)cc1)Cc1cncnc1. The molecule has 40 heavy (non-hydrogen) atoms.